The molecule has 0 saturated heterocycles. The SMILES string of the molecule is COCCn1c(-c2ccnn2C)nnc1S(N)(=O)=O. The van der Waals surface area contributed by atoms with Crippen molar-refractivity contribution in [1.82, 2.24) is 24.5 Å². The Kier molecular flexibility index (Phi) is 3.64. The molecular formula is C9H14N6O3S. The monoisotopic (exact) mass is 286 g/mol. The van der Waals surface area contributed by atoms with Crippen molar-refractivity contribution in [3.05, 3.63) is 12.3 Å². The molecule has 2 aromatic heterocycles. The van der Waals surface area contributed by atoms with Gasteiger partial charge in [0.2, 0.25) is 0 Å². The number of nitrogens with zero attached hydrogens (tertiary/aromatic N) is 5. The van der Waals surface area contributed by atoms with E-state index in [-0.39, 0.29) is 11.7 Å². The van der Waals surface area contributed by atoms with Crippen LogP contribution in [0.5, 0.6) is 0 Å². The number of rotatable bonds is 5. The highest BCUT2D eigenvalue weighted by Crippen LogP contribution is 2.18. The van der Waals surface area contributed by atoms with Crippen LogP contribution in [0.4, 0.5) is 0 Å². The number of sulfonamides is 1. The highest BCUT2D eigenvalue weighted by Gasteiger charge is 2.23. The average Bonchev–Trinajstić information content (AvgIpc) is 2.90. The average molecular weight is 286 g/mol. The van der Waals surface area contributed by atoms with Crippen LogP contribution >= 0.6 is 0 Å². The zero-order valence-electron chi connectivity index (χ0n) is 10.5. The first-order chi connectivity index (χ1) is 8.95. The van der Waals surface area contributed by atoms with Gasteiger partial charge in [-0.25, -0.2) is 13.6 Å². The fraction of sp³-hybridized carbons (Fsp3) is 0.444. The van der Waals surface area contributed by atoms with E-state index in [0.717, 1.165) is 0 Å². The van der Waals surface area contributed by atoms with Crippen LogP contribution in [-0.4, -0.2) is 46.7 Å². The lowest BCUT2D eigenvalue weighted by atomic mass is 10.4. The van der Waals surface area contributed by atoms with Crippen molar-refractivity contribution < 1.29 is 13.2 Å². The summed E-state index contributed by atoms with van der Waals surface area (Å²) >= 11 is 0. The molecule has 0 aliphatic carbocycles. The molecular weight excluding hydrogens is 272 g/mol. The van der Waals surface area contributed by atoms with E-state index in [4.69, 9.17) is 9.88 Å². The van der Waals surface area contributed by atoms with Gasteiger partial charge in [0.25, 0.3) is 15.2 Å². The van der Waals surface area contributed by atoms with Crippen LogP contribution in [-0.2, 0) is 28.4 Å². The molecule has 0 aliphatic heterocycles. The second kappa shape index (κ2) is 5.07. The Morgan fingerprint density at radius 3 is 2.68 bits per heavy atom. The molecule has 9 nitrogen and oxygen atoms in total. The molecule has 19 heavy (non-hydrogen) atoms. The third-order valence-corrected chi connectivity index (χ3v) is 3.35. The van der Waals surface area contributed by atoms with Gasteiger partial charge < -0.3 is 4.74 Å². The van der Waals surface area contributed by atoms with Crippen molar-refractivity contribution in [3.63, 3.8) is 0 Å². The molecule has 2 aromatic rings. The van der Waals surface area contributed by atoms with Crippen LogP contribution in [0.3, 0.4) is 0 Å². The maximum Gasteiger partial charge on any atom is 0.273 e. The van der Waals surface area contributed by atoms with Crippen molar-refractivity contribution in [2.24, 2.45) is 12.2 Å². The highest BCUT2D eigenvalue weighted by molar-refractivity contribution is 7.89. The second-order valence-electron chi connectivity index (χ2n) is 3.84. The van der Waals surface area contributed by atoms with E-state index in [1.54, 1.807) is 24.0 Å². The molecule has 0 bridgehead atoms. The summed E-state index contributed by atoms with van der Waals surface area (Å²) in [5.41, 5.74) is 0.638. The van der Waals surface area contributed by atoms with Crippen LogP contribution in [0.1, 0.15) is 0 Å². The van der Waals surface area contributed by atoms with Gasteiger partial charge in [-0.1, -0.05) is 0 Å². The summed E-state index contributed by atoms with van der Waals surface area (Å²) in [7, 11) is -0.701. The number of ether oxygens (including phenoxy) is 1. The highest BCUT2D eigenvalue weighted by atomic mass is 32.2. The summed E-state index contributed by atoms with van der Waals surface area (Å²) < 4.78 is 30.9. The number of aryl methyl sites for hydroxylation is 1. The predicted octanol–water partition coefficient (Wildman–Crippen LogP) is -1.03. The van der Waals surface area contributed by atoms with Gasteiger partial charge in [-0.2, -0.15) is 5.10 Å². The van der Waals surface area contributed by atoms with Gasteiger partial charge in [-0.05, 0) is 6.07 Å². The lowest BCUT2D eigenvalue weighted by molar-refractivity contribution is 0.185. The molecule has 0 aromatic carbocycles. The minimum absolute atomic E-state index is 0.274. The lowest BCUT2D eigenvalue weighted by Crippen LogP contribution is -2.20. The lowest BCUT2D eigenvalue weighted by Gasteiger charge is -2.08. The van der Waals surface area contributed by atoms with Crippen molar-refractivity contribution >= 4 is 10.0 Å². The number of primary sulfonamides is 1. The van der Waals surface area contributed by atoms with E-state index in [2.05, 4.69) is 15.3 Å². The fourth-order valence-corrected chi connectivity index (χ4v) is 2.31. The predicted molar refractivity (Wildman–Crippen MR) is 65.5 cm³/mol. The summed E-state index contributed by atoms with van der Waals surface area (Å²) in [6.45, 7) is 0.585. The molecule has 0 fully saturated rings. The van der Waals surface area contributed by atoms with Crippen LogP contribution in [0, 0.1) is 0 Å². The van der Waals surface area contributed by atoms with Crippen LogP contribution < -0.4 is 5.14 Å². The van der Waals surface area contributed by atoms with Gasteiger partial charge in [0.15, 0.2) is 5.82 Å². The zero-order chi connectivity index (χ0) is 14.0. The van der Waals surface area contributed by atoms with E-state index >= 15 is 0 Å². The third kappa shape index (κ3) is 2.64. The number of aromatic nitrogens is 5. The Balaban J connectivity index is 2.56. The summed E-state index contributed by atoms with van der Waals surface area (Å²) in [4.78, 5) is 0. The first-order valence-corrected chi connectivity index (χ1v) is 6.93. The molecule has 2 rings (SSSR count). The van der Waals surface area contributed by atoms with Crippen molar-refractivity contribution in [1.29, 1.82) is 0 Å². The third-order valence-electron chi connectivity index (χ3n) is 2.54. The van der Waals surface area contributed by atoms with E-state index < -0.39 is 10.0 Å². The summed E-state index contributed by atoms with van der Waals surface area (Å²) in [5, 5.41) is 16.4. The standard InChI is InChI=1S/C9H14N6O3S/c1-14-7(3-4-11-14)8-12-13-9(19(10,16)17)15(8)5-6-18-2/h3-4H,5-6H2,1-2H3,(H2,10,16,17). The largest absolute Gasteiger partial charge is 0.383 e. The number of hydrogen-bond donors (Lipinski definition) is 1. The molecule has 0 atom stereocenters. The molecule has 0 aliphatic rings. The van der Waals surface area contributed by atoms with Gasteiger partial charge in [-0.3, -0.25) is 9.25 Å². The molecule has 0 amide bonds. The molecule has 2 N–H and O–H groups in total. The number of methoxy groups -OCH3 is 1. The zero-order valence-corrected chi connectivity index (χ0v) is 11.3. The smallest absolute Gasteiger partial charge is 0.273 e. The normalized spacial score (nSPS) is 11.9. The van der Waals surface area contributed by atoms with Crippen LogP contribution in [0.15, 0.2) is 17.4 Å². The van der Waals surface area contributed by atoms with E-state index in [9.17, 15) is 8.42 Å². The Labute approximate surface area is 110 Å². The first-order valence-electron chi connectivity index (χ1n) is 5.38. The fourth-order valence-electron chi connectivity index (χ4n) is 1.67. The van der Waals surface area contributed by atoms with Crippen molar-refractivity contribution in [2.75, 3.05) is 13.7 Å². The van der Waals surface area contributed by atoms with Crippen LogP contribution in [0.25, 0.3) is 11.5 Å². The first kappa shape index (κ1) is 13.6. The maximum absolute atomic E-state index is 11.5. The number of hydrogen-bond acceptors (Lipinski definition) is 6. The maximum atomic E-state index is 11.5. The van der Waals surface area contributed by atoms with E-state index in [1.807, 2.05) is 0 Å². The quantitative estimate of drug-likeness (QED) is 0.751. The van der Waals surface area contributed by atoms with Gasteiger partial charge in [0, 0.05) is 20.4 Å². The van der Waals surface area contributed by atoms with Crippen molar-refractivity contribution in [2.45, 2.75) is 11.7 Å². The molecule has 2 heterocycles. The molecule has 104 valence electrons. The van der Waals surface area contributed by atoms with Gasteiger partial charge in [0.05, 0.1) is 13.2 Å². The summed E-state index contributed by atoms with van der Waals surface area (Å²) in [6, 6.07) is 1.71. The topological polar surface area (TPSA) is 118 Å². The molecule has 0 spiro atoms. The minimum atomic E-state index is -3.94. The summed E-state index contributed by atoms with van der Waals surface area (Å²) in [5.74, 6) is 0.376. The van der Waals surface area contributed by atoms with Gasteiger partial charge in [-0.15, -0.1) is 10.2 Å². The molecule has 0 radical (unpaired) electrons. The molecule has 0 saturated carbocycles. The van der Waals surface area contributed by atoms with Crippen molar-refractivity contribution in [3.8, 4) is 11.5 Å². The molecule has 0 unspecified atom stereocenters. The Morgan fingerprint density at radius 2 is 2.16 bits per heavy atom. The van der Waals surface area contributed by atoms with Gasteiger partial charge in [0.1, 0.15) is 5.69 Å². The van der Waals surface area contributed by atoms with Gasteiger partial charge >= 0.3 is 0 Å². The molecule has 10 heteroatoms. The van der Waals surface area contributed by atoms with E-state index in [0.29, 0.717) is 18.1 Å². The minimum Gasteiger partial charge on any atom is -0.383 e. The van der Waals surface area contributed by atoms with E-state index in [1.165, 1.54) is 11.7 Å². The Morgan fingerprint density at radius 1 is 1.42 bits per heavy atom. The second-order valence-corrected chi connectivity index (χ2v) is 5.29. The number of nitrogens with two attached hydrogens (primary N) is 1. The van der Waals surface area contributed by atoms with Crippen LogP contribution in [0.2, 0.25) is 0 Å². The Hall–Kier alpha value is -1.78. The Bertz CT molecular complexity index is 674. The summed E-state index contributed by atoms with van der Waals surface area (Å²) in [6.07, 6.45) is 1.58.